The van der Waals surface area contributed by atoms with Gasteiger partial charge in [0.15, 0.2) is 0 Å². The van der Waals surface area contributed by atoms with Gasteiger partial charge in [-0.1, -0.05) is 6.92 Å². The Hall–Kier alpha value is -1.03. The molecule has 0 saturated carbocycles. The third kappa shape index (κ3) is 1.98. The lowest BCUT2D eigenvalue weighted by Gasteiger charge is -2.01. The zero-order valence-corrected chi connectivity index (χ0v) is 7.65. The van der Waals surface area contributed by atoms with Gasteiger partial charge in [-0.2, -0.15) is 0 Å². The van der Waals surface area contributed by atoms with Crippen molar-refractivity contribution in [1.82, 2.24) is 0 Å². The van der Waals surface area contributed by atoms with Gasteiger partial charge < -0.3 is 10.4 Å². The lowest BCUT2D eigenvalue weighted by molar-refractivity contribution is 0.0703. The summed E-state index contributed by atoms with van der Waals surface area (Å²) in [5, 5.41) is 13.6. The zero-order chi connectivity index (χ0) is 8.97. The molecule has 12 heavy (non-hydrogen) atoms. The second-order valence-corrected chi connectivity index (χ2v) is 3.31. The Morgan fingerprint density at radius 2 is 2.50 bits per heavy atom. The first-order valence-electron chi connectivity index (χ1n) is 3.80. The van der Waals surface area contributed by atoms with Gasteiger partial charge in [-0.25, -0.2) is 4.79 Å². The number of rotatable bonds is 4. The lowest BCUT2D eigenvalue weighted by atomic mass is 10.3. The minimum atomic E-state index is -0.858. The second-order valence-electron chi connectivity index (χ2n) is 2.40. The predicted octanol–water partition coefficient (Wildman–Crippen LogP) is 2.27. The molecule has 0 saturated heterocycles. The minimum Gasteiger partial charge on any atom is -0.477 e. The molecule has 1 rings (SSSR count). The molecule has 66 valence electrons. The van der Waals surface area contributed by atoms with E-state index in [1.807, 2.05) is 6.92 Å². The molecule has 0 radical (unpaired) electrons. The summed E-state index contributed by atoms with van der Waals surface area (Å²) in [6.45, 7) is 2.86. The fourth-order valence-corrected chi connectivity index (χ4v) is 1.58. The van der Waals surface area contributed by atoms with E-state index < -0.39 is 5.97 Å². The van der Waals surface area contributed by atoms with Gasteiger partial charge in [0.1, 0.15) is 4.88 Å². The second kappa shape index (κ2) is 4.11. The van der Waals surface area contributed by atoms with Crippen LogP contribution in [0.3, 0.4) is 0 Å². The molecular weight excluding hydrogens is 174 g/mol. The maximum Gasteiger partial charge on any atom is 0.348 e. The van der Waals surface area contributed by atoms with Crippen molar-refractivity contribution in [2.45, 2.75) is 13.3 Å². The molecule has 0 aromatic carbocycles. The van der Waals surface area contributed by atoms with Crippen LogP contribution in [0, 0.1) is 0 Å². The monoisotopic (exact) mass is 185 g/mol. The summed E-state index contributed by atoms with van der Waals surface area (Å²) >= 11 is 1.25. The summed E-state index contributed by atoms with van der Waals surface area (Å²) in [7, 11) is 0. The van der Waals surface area contributed by atoms with E-state index in [2.05, 4.69) is 5.32 Å². The number of aromatic carboxylic acids is 1. The molecule has 1 aromatic rings. The van der Waals surface area contributed by atoms with Gasteiger partial charge in [0, 0.05) is 6.54 Å². The molecule has 3 nitrogen and oxygen atoms in total. The fourth-order valence-electron chi connectivity index (χ4n) is 0.874. The summed E-state index contributed by atoms with van der Waals surface area (Å²) < 4.78 is 0. The number of hydrogen-bond acceptors (Lipinski definition) is 3. The van der Waals surface area contributed by atoms with Crippen molar-refractivity contribution in [3.05, 3.63) is 16.3 Å². The van der Waals surface area contributed by atoms with Crippen molar-refractivity contribution in [2.75, 3.05) is 11.9 Å². The van der Waals surface area contributed by atoms with Crippen molar-refractivity contribution in [2.24, 2.45) is 0 Å². The SMILES string of the molecule is CCCNc1ccsc1C(=O)O. The smallest absolute Gasteiger partial charge is 0.348 e. The molecule has 0 aliphatic carbocycles. The molecule has 0 atom stereocenters. The lowest BCUT2D eigenvalue weighted by Crippen LogP contribution is -2.03. The van der Waals surface area contributed by atoms with Crippen LogP contribution in [0.25, 0.3) is 0 Å². The van der Waals surface area contributed by atoms with Crippen molar-refractivity contribution in [1.29, 1.82) is 0 Å². The van der Waals surface area contributed by atoms with E-state index in [4.69, 9.17) is 5.11 Å². The summed E-state index contributed by atoms with van der Waals surface area (Å²) in [5.41, 5.74) is 0.731. The van der Waals surface area contributed by atoms with E-state index in [-0.39, 0.29) is 0 Å². The molecule has 4 heteroatoms. The van der Waals surface area contributed by atoms with E-state index in [1.165, 1.54) is 11.3 Å². The Morgan fingerprint density at radius 3 is 3.08 bits per heavy atom. The first kappa shape index (κ1) is 9.06. The zero-order valence-electron chi connectivity index (χ0n) is 6.83. The van der Waals surface area contributed by atoms with E-state index in [0.717, 1.165) is 18.7 Å². The van der Waals surface area contributed by atoms with Crippen LogP contribution in [-0.2, 0) is 0 Å². The van der Waals surface area contributed by atoms with Crippen LogP contribution in [0.5, 0.6) is 0 Å². The van der Waals surface area contributed by atoms with Gasteiger partial charge in [0.2, 0.25) is 0 Å². The average molecular weight is 185 g/mol. The quantitative estimate of drug-likeness (QED) is 0.756. The van der Waals surface area contributed by atoms with Gasteiger partial charge in [-0.15, -0.1) is 11.3 Å². The molecule has 0 unspecified atom stereocenters. The fraction of sp³-hybridized carbons (Fsp3) is 0.375. The predicted molar refractivity (Wildman–Crippen MR) is 50.1 cm³/mol. The Balaban J connectivity index is 2.70. The van der Waals surface area contributed by atoms with Crippen LogP contribution < -0.4 is 5.32 Å². The van der Waals surface area contributed by atoms with E-state index in [9.17, 15) is 4.79 Å². The van der Waals surface area contributed by atoms with Gasteiger partial charge >= 0.3 is 5.97 Å². The number of thiophene rings is 1. The topological polar surface area (TPSA) is 49.3 Å². The molecular formula is C8H11NO2S. The molecule has 0 aliphatic rings. The third-order valence-electron chi connectivity index (χ3n) is 1.42. The number of anilines is 1. The molecule has 0 fully saturated rings. The Bertz CT molecular complexity index is 270. The summed E-state index contributed by atoms with van der Waals surface area (Å²) in [5.74, 6) is -0.858. The molecule has 0 aliphatic heterocycles. The molecule has 0 bridgehead atoms. The Morgan fingerprint density at radius 1 is 1.75 bits per heavy atom. The van der Waals surface area contributed by atoms with Crippen LogP contribution in [0.2, 0.25) is 0 Å². The number of nitrogens with one attached hydrogen (secondary N) is 1. The molecule has 0 spiro atoms. The van der Waals surface area contributed by atoms with Gasteiger partial charge in [0.25, 0.3) is 0 Å². The van der Waals surface area contributed by atoms with E-state index in [0.29, 0.717) is 4.88 Å². The van der Waals surface area contributed by atoms with E-state index in [1.54, 1.807) is 11.4 Å². The van der Waals surface area contributed by atoms with Crippen LogP contribution in [0.4, 0.5) is 5.69 Å². The minimum absolute atomic E-state index is 0.392. The van der Waals surface area contributed by atoms with Crippen molar-refractivity contribution in [3.63, 3.8) is 0 Å². The molecule has 0 amide bonds. The van der Waals surface area contributed by atoms with E-state index >= 15 is 0 Å². The van der Waals surface area contributed by atoms with Crippen LogP contribution in [0.15, 0.2) is 11.4 Å². The highest BCUT2D eigenvalue weighted by Crippen LogP contribution is 2.21. The van der Waals surface area contributed by atoms with Crippen LogP contribution >= 0.6 is 11.3 Å². The highest BCUT2D eigenvalue weighted by Gasteiger charge is 2.09. The van der Waals surface area contributed by atoms with Gasteiger partial charge in [-0.3, -0.25) is 0 Å². The maximum atomic E-state index is 10.6. The standard InChI is InChI=1S/C8H11NO2S/c1-2-4-9-6-3-5-12-7(6)8(10)11/h3,5,9H,2,4H2,1H3,(H,10,11). The number of carboxylic acid groups (broad SMARTS) is 1. The average Bonchev–Trinajstić information content (AvgIpc) is 2.48. The van der Waals surface area contributed by atoms with Crippen molar-refractivity contribution < 1.29 is 9.90 Å². The number of carboxylic acids is 1. The summed E-state index contributed by atoms with van der Waals surface area (Å²) in [6.07, 6.45) is 0.995. The third-order valence-corrected chi connectivity index (χ3v) is 2.33. The van der Waals surface area contributed by atoms with Crippen LogP contribution in [-0.4, -0.2) is 17.6 Å². The first-order chi connectivity index (χ1) is 5.75. The Labute approximate surface area is 75.0 Å². The van der Waals surface area contributed by atoms with Crippen molar-refractivity contribution >= 4 is 23.0 Å². The molecule has 2 N–H and O–H groups in total. The van der Waals surface area contributed by atoms with Gasteiger partial charge in [0.05, 0.1) is 5.69 Å². The maximum absolute atomic E-state index is 10.6. The first-order valence-corrected chi connectivity index (χ1v) is 4.68. The highest BCUT2D eigenvalue weighted by molar-refractivity contribution is 7.12. The molecule has 1 heterocycles. The summed E-state index contributed by atoms with van der Waals surface area (Å²) in [6, 6.07) is 1.80. The number of hydrogen-bond donors (Lipinski definition) is 2. The van der Waals surface area contributed by atoms with Gasteiger partial charge in [-0.05, 0) is 17.9 Å². The largest absolute Gasteiger partial charge is 0.477 e. The normalized spacial score (nSPS) is 9.75. The van der Waals surface area contributed by atoms with Crippen molar-refractivity contribution in [3.8, 4) is 0 Å². The molecule has 1 aromatic heterocycles. The Kier molecular flexibility index (Phi) is 3.10. The highest BCUT2D eigenvalue weighted by atomic mass is 32.1. The summed E-state index contributed by atoms with van der Waals surface area (Å²) in [4.78, 5) is 11.0. The van der Waals surface area contributed by atoms with Crippen LogP contribution in [0.1, 0.15) is 23.0 Å². The number of carbonyl (C=O) groups is 1.